The van der Waals surface area contributed by atoms with Crippen molar-refractivity contribution in [2.24, 2.45) is 0 Å². The average Bonchev–Trinajstić information content (AvgIpc) is 2.77. The molecule has 2 N–H and O–H groups in total. The summed E-state index contributed by atoms with van der Waals surface area (Å²) in [4.78, 5) is 36.2. The van der Waals surface area contributed by atoms with Gasteiger partial charge in [-0.05, 0) is 36.8 Å². The van der Waals surface area contributed by atoms with Crippen LogP contribution in [0, 0.1) is 0 Å². The first-order valence-corrected chi connectivity index (χ1v) is 10.8. The highest BCUT2D eigenvalue weighted by atomic mass is 32.2. The molecule has 0 saturated heterocycles. The van der Waals surface area contributed by atoms with Gasteiger partial charge in [-0.3, -0.25) is 9.59 Å². The van der Waals surface area contributed by atoms with Crippen LogP contribution in [0.1, 0.15) is 23.7 Å². The molecule has 0 aliphatic carbocycles. The molecule has 0 aliphatic rings. The number of carbonyl (C=O) groups excluding carboxylic acids is 3. The topological polar surface area (TPSA) is 103 Å². The van der Waals surface area contributed by atoms with Crippen molar-refractivity contribution < 1.29 is 28.6 Å². The third kappa shape index (κ3) is 7.86. The third-order valence-corrected chi connectivity index (χ3v) is 4.89. The van der Waals surface area contributed by atoms with E-state index in [0.717, 1.165) is 6.42 Å². The van der Waals surface area contributed by atoms with Crippen molar-refractivity contribution in [3.8, 4) is 11.5 Å². The number of amides is 2. The molecule has 8 nitrogen and oxygen atoms in total. The summed E-state index contributed by atoms with van der Waals surface area (Å²) >= 11 is 1.18. The predicted molar refractivity (Wildman–Crippen MR) is 121 cm³/mol. The lowest BCUT2D eigenvalue weighted by Gasteiger charge is -2.10. The second kappa shape index (κ2) is 12.5. The molecule has 0 atom stereocenters. The van der Waals surface area contributed by atoms with Crippen LogP contribution in [0.4, 0.5) is 11.4 Å². The first-order chi connectivity index (χ1) is 15.0. The quantitative estimate of drug-likeness (QED) is 0.509. The highest BCUT2D eigenvalue weighted by Crippen LogP contribution is 2.29. The third-order valence-electron chi connectivity index (χ3n) is 3.95. The number of nitrogens with one attached hydrogen (secondary N) is 2. The van der Waals surface area contributed by atoms with Crippen LogP contribution < -0.4 is 20.1 Å². The second-order valence-corrected chi connectivity index (χ2v) is 7.36. The monoisotopic (exact) mass is 446 g/mol. The molecule has 0 aliphatic heterocycles. The Bertz CT molecular complexity index is 919. The van der Waals surface area contributed by atoms with E-state index in [2.05, 4.69) is 10.6 Å². The van der Waals surface area contributed by atoms with Gasteiger partial charge in [0.25, 0.3) is 0 Å². The Morgan fingerprint density at radius 1 is 0.871 bits per heavy atom. The lowest BCUT2D eigenvalue weighted by Crippen LogP contribution is -2.18. The number of thioether (sulfide) groups is 1. The molecule has 2 rings (SSSR count). The maximum absolute atomic E-state index is 12.1. The summed E-state index contributed by atoms with van der Waals surface area (Å²) < 4.78 is 15.5. The van der Waals surface area contributed by atoms with Crippen LogP contribution in [0.3, 0.4) is 0 Å². The Morgan fingerprint density at radius 3 is 2.13 bits per heavy atom. The molecule has 2 aromatic carbocycles. The van der Waals surface area contributed by atoms with Crippen LogP contribution in [0.15, 0.2) is 42.5 Å². The van der Waals surface area contributed by atoms with Gasteiger partial charge in [-0.1, -0.05) is 13.0 Å². The summed E-state index contributed by atoms with van der Waals surface area (Å²) in [5, 5.41) is 5.46. The normalized spacial score (nSPS) is 10.2. The van der Waals surface area contributed by atoms with E-state index in [1.807, 2.05) is 6.92 Å². The fourth-order valence-electron chi connectivity index (χ4n) is 2.55. The van der Waals surface area contributed by atoms with Crippen LogP contribution in [-0.4, -0.2) is 50.1 Å². The number of esters is 1. The smallest absolute Gasteiger partial charge is 0.338 e. The molecule has 0 heterocycles. The standard InChI is InChI=1S/C22H26N2O6S/c1-4-10-30-22(27)15-6-5-7-16(11-15)23-20(25)13-31-14-21(26)24-17-8-9-18(28-2)19(12-17)29-3/h5-9,11-12H,4,10,13-14H2,1-3H3,(H,23,25)(H,24,26). The van der Waals surface area contributed by atoms with Crippen LogP contribution in [0.5, 0.6) is 11.5 Å². The summed E-state index contributed by atoms with van der Waals surface area (Å²) in [7, 11) is 3.05. The van der Waals surface area contributed by atoms with Gasteiger partial charge < -0.3 is 24.8 Å². The molecule has 0 bridgehead atoms. The van der Waals surface area contributed by atoms with Crippen molar-refractivity contribution in [3.63, 3.8) is 0 Å². The van der Waals surface area contributed by atoms with Crippen molar-refractivity contribution in [3.05, 3.63) is 48.0 Å². The van der Waals surface area contributed by atoms with Crippen molar-refractivity contribution in [1.82, 2.24) is 0 Å². The van der Waals surface area contributed by atoms with Crippen LogP contribution in [0.2, 0.25) is 0 Å². The Hall–Kier alpha value is -3.20. The van der Waals surface area contributed by atoms with E-state index < -0.39 is 5.97 Å². The molecule has 0 spiro atoms. The zero-order valence-corrected chi connectivity index (χ0v) is 18.5. The van der Waals surface area contributed by atoms with Crippen LogP contribution in [-0.2, 0) is 14.3 Å². The van der Waals surface area contributed by atoms with Gasteiger partial charge in [0.1, 0.15) is 0 Å². The van der Waals surface area contributed by atoms with E-state index in [9.17, 15) is 14.4 Å². The fraction of sp³-hybridized carbons (Fsp3) is 0.318. The number of ether oxygens (including phenoxy) is 3. The molecular formula is C22H26N2O6S. The van der Waals surface area contributed by atoms with E-state index in [0.29, 0.717) is 35.0 Å². The lowest BCUT2D eigenvalue weighted by atomic mass is 10.2. The molecule has 0 fully saturated rings. The van der Waals surface area contributed by atoms with Gasteiger partial charge in [0.15, 0.2) is 11.5 Å². The molecule has 2 amide bonds. The number of methoxy groups -OCH3 is 2. The first-order valence-electron chi connectivity index (χ1n) is 9.63. The predicted octanol–water partition coefficient (Wildman–Crippen LogP) is 3.58. The summed E-state index contributed by atoms with van der Waals surface area (Å²) in [5.74, 6) is 0.310. The molecule has 31 heavy (non-hydrogen) atoms. The van der Waals surface area contributed by atoms with E-state index in [4.69, 9.17) is 14.2 Å². The minimum atomic E-state index is -0.431. The lowest BCUT2D eigenvalue weighted by molar-refractivity contribution is -0.114. The highest BCUT2D eigenvalue weighted by Gasteiger charge is 2.11. The van der Waals surface area contributed by atoms with E-state index in [1.54, 1.807) is 42.5 Å². The molecule has 0 unspecified atom stereocenters. The molecule has 2 aromatic rings. The minimum Gasteiger partial charge on any atom is -0.493 e. The molecule has 166 valence electrons. The number of hydrogen-bond acceptors (Lipinski definition) is 7. The molecule has 0 saturated carbocycles. The van der Waals surface area contributed by atoms with E-state index in [-0.39, 0.29) is 23.3 Å². The Kier molecular flexibility index (Phi) is 9.70. The van der Waals surface area contributed by atoms with E-state index >= 15 is 0 Å². The van der Waals surface area contributed by atoms with Crippen LogP contribution in [0.25, 0.3) is 0 Å². The molecule has 9 heteroatoms. The first kappa shape index (κ1) is 24.1. The van der Waals surface area contributed by atoms with Gasteiger partial charge >= 0.3 is 5.97 Å². The minimum absolute atomic E-state index is 0.0872. The van der Waals surface area contributed by atoms with Crippen molar-refractivity contribution in [2.75, 3.05) is 43.0 Å². The van der Waals surface area contributed by atoms with Gasteiger partial charge in [-0.2, -0.15) is 0 Å². The van der Waals surface area contributed by atoms with Crippen molar-refractivity contribution >= 4 is 40.9 Å². The SMILES string of the molecule is CCCOC(=O)c1cccc(NC(=O)CSCC(=O)Nc2ccc(OC)c(OC)c2)c1. The Labute approximate surface area is 185 Å². The van der Waals surface area contributed by atoms with Gasteiger partial charge in [0.2, 0.25) is 11.8 Å². The van der Waals surface area contributed by atoms with Gasteiger partial charge in [-0.15, -0.1) is 11.8 Å². The average molecular weight is 447 g/mol. The maximum atomic E-state index is 12.1. The number of anilines is 2. The van der Waals surface area contributed by atoms with Crippen molar-refractivity contribution in [2.45, 2.75) is 13.3 Å². The summed E-state index contributed by atoms with van der Waals surface area (Å²) in [6, 6.07) is 11.6. The van der Waals surface area contributed by atoms with E-state index in [1.165, 1.54) is 26.0 Å². The zero-order chi connectivity index (χ0) is 22.6. The second-order valence-electron chi connectivity index (χ2n) is 6.38. The summed E-state index contributed by atoms with van der Waals surface area (Å²) in [6.07, 6.45) is 0.735. The molecule has 0 aromatic heterocycles. The van der Waals surface area contributed by atoms with Gasteiger partial charge in [0, 0.05) is 17.4 Å². The van der Waals surface area contributed by atoms with Crippen LogP contribution >= 0.6 is 11.8 Å². The van der Waals surface area contributed by atoms with Gasteiger partial charge in [-0.25, -0.2) is 4.79 Å². The largest absolute Gasteiger partial charge is 0.493 e. The Morgan fingerprint density at radius 2 is 1.52 bits per heavy atom. The summed E-state index contributed by atoms with van der Waals surface area (Å²) in [6.45, 7) is 2.26. The molecular weight excluding hydrogens is 420 g/mol. The Balaban J connectivity index is 1.79. The summed E-state index contributed by atoms with van der Waals surface area (Å²) in [5.41, 5.74) is 1.43. The number of hydrogen-bond donors (Lipinski definition) is 2. The maximum Gasteiger partial charge on any atom is 0.338 e. The number of rotatable bonds is 11. The number of carbonyl (C=O) groups is 3. The highest BCUT2D eigenvalue weighted by molar-refractivity contribution is 8.00. The number of benzene rings is 2. The van der Waals surface area contributed by atoms with Gasteiger partial charge in [0.05, 0.1) is 37.9 Å². The fourth-order valence-corrected chi connectivity index (χ4v) is 3.16. The van der Waals surface area contributed by atoms with Crippen molar-refractivity contribution in [1.29, 1.82) is 0 Å². The zero-order valence-electron chi connectivity index (χ0n) is 17.7. The molecule has 0 radical (unpaired) electrons.